The van der Waals surface area contributed by atoms with Gasteiger partial charge in [-0.05, 0) is 50.1 Å². The minimum absolute atomic E-state index is 0.0812. The maximum atomic E-state index is 12.8. The molecule has 4 heterocycles. The van der Waals surface area contributed by atoms with E-state index in [0.29, 0.717) is 35.7 Å². The van der Waals surface area contributed by atoms with E-state index in [1.165, 1.54) is 0 Å². The topological polar surface area (TPSA) is 133 Å². The van der Waals surface area contributed by atoms with Crippen LogP contribution in [0.4, 0.5) is 17.3 Å². The number of hydrogen-bond acceptors (Lipinski definition) is 10. The van der Waals surface area contributed by atoms with E-state index in [1.807, 2.05) is 42.5 Å². The Kier molecular flexibility index (Phi) is 7.99. The zero-order chi connectivity index (χ0) is 27.2. The third kappa shape index (κ3) is 5.99. The summed E-state index contributed by atoms with van der Waals surface area (Å²) in [6.45, 7) is 4.30. The Morgan fingerprint density at radius 1 is 1.21 bits per heavy atom. The van der Waals surface area contributed by atoms with Crippen molar-refractivity contribution in [3.8, 4) is 17.2 Å². The predicted molar refractivity (Wildman–Crippen MR) is 146 cm³/mol. The number of ether oxygens (including phenoxy) is 3. The first-order valence-corrected chi connectivity index (χ1v) is 13.0. The van der Waals surface area contributed by atoms with E-state index >= 15 is 0 Å². The van der Waals surface area contributed by atoms with Gasteiger partial charge >= 0.3 is 5.97 Å². The van der Waals surface area contributed by atoms with Gasteiger partial charge in [-0.15, -0.1) is 0 Å². The summed E-state index contributed by atoms with van der Waals surface area (Å²) < 4.78 is 16.4. The average Bonchev–Trinajstić information content (AvgIpc) is 2.95. The van der Waals surface area contributed by atoms with E-state index in [2.05, 4.69) is 21.3 Å². The van der Waals surface area contributed by atoms with Gasteiger partial charge in [-0.25, -0.2) is 14.8 Å². The van der Waals surface area contributed by atoms with Gasteiger partial charge in [-0.1, -0.05) is 18.2 Å². The maximum absolute atomic E-state index is 12.8. The second-order valence-corrected chi connectivity index (χ2v) is 9.39. The number of piperidine rings is 1. The molecule has 0 bridgehead atoms. The lowest BCUT2D eigenvalue weighted by molar-refractivity contribution is -0.0859. The van der Waals surface area contributed by atoms with Crippen LogP contribution in [0, 0.1) is 22.7 Å². The van der Waals surface area contributed by atoms with Crippen molar-refractivity contribution >= 4 is 29.2 Å². The summed E-state index contributed by atoms with van der Waals surface area (Å²) in [5.41, 5.74) is 2.52. The van der Waals surface area contributed by atoms with Gasteiger partial charge in [-0.2, -0.15) is 5.26 Å². The second kappa shape index (κ2) is 11.9. The molecule has 3 aromatic rings. The molecule has 2 aliphatic rings. The third-order valence-electron chi connectivity index (χ3n) is 6.72. The molecule has 0 unspecified atom stereocenters. The number of hydrogen-bond donors (Lipinski definition) is 2. The lowest BCUT2D eigenvalue weighted by atomic mass is 9.98. The molecule has 1 aromatic carbocycles. The van der Waals surface area contributed by atoms with E-state index in [1.54, 1.807) is 19.2 Å². The van der Waals surface area contributed by atoms with Gasteiger partial charge in [0.25, 0.3) is 0 Å². The van der Waals surface area contributed by atoms with Crippen molar-refractivity contribution in [2.24, 2.45) is 5.92 Å². The van der Waals surface area contributed by atoms with Gasteiger partial charge in [0, 0.05) is 42.0 Å². The minimum Gasteiger partial charge on any atom is -0.469 e. The summed E-state index contributed by atoms with van der Waals surface area (Å²) in [6, 6.07) is 17.2. The van der Waals surface area contributed by atoms with Crippen LogP contribution in [0.5, 0.6) is 0 Å². The van der Waals surface area contributed by atoms with Gasteiger partial charge < -0.3 is 24.4 Å². The summed E-state index contributed by atoms with van der Waals surface area (Å²) in [6.07, 6.45) is 3.12. The van der Waals surface area contributed by atoms with Crippen molar-refractivity contribution < 1.29 is 19.0 Å². The van der Waals surface area contributed by atoms with Crippen LogP contribution in [-0.4, -0.2) is 60.8 Å². The van der Waals surface area contributed by atoms with Gasteiger partial charge in [0.1, 0.15) is 17.7 Å². The summed E-state index contributed by atoms with van der Waals surface area (Å²) >= 11 is 0. The number of carbonyl (C=O) groups excluding carboxylic acids is 1. The number of benzene rings is 1. The molecule has 0 radical (unpaired) electrons. The standard InChI is InChI=1S/C29H30N6O4/c1-2-38-29(36)24-14-23(20-8-9-25(32-16-20)35-12-10-19(15-30)11-13-35)26(27(31)39-22-17-37-18-22)28(34-24)33-21-6-4-3-5-7-21/h3-9,14,16,19,22,31H,2,10-13,17-18H2,1H3,(H,33,34). The highest BCUT2D eigenvalue weighted by Gasteiger charge is 2.28. The van der Waals surface area contributed by atoms with Crippen molar-refractivity contribution in [1.29, 1.82) is 10.7 Å². The molecule has 2 aromatic heterocycles. The van der Waals surface area contributed by atoms with Crippen LogP contribution in [0.15, 0.2) is 54.7 Å². The number of carbonyl (C=O) groups is 1. The lowest BCUT2D eigenvalue weighted by Crippen LogP contribution is -2.38. The zero-order valence-corrected chi connectivity index (χ0v) is 21.7. The van der Waals surface area contributed by atoms with E-state index in [0.717, 1.165) is 37.4 Å². The molecular formula is C29H30N6O4. The molecule has 0 aliphatic carbocycles. The number of nitriles is 1. The van der Waals surface area contributed by atoms with Crippen molar-refractivity contribution in [3.05, 3.63) is 66.0 Å². The Labute approximate surface area is 227 Å². The molecule has 5 rings (SSSR count). The number of pyridine rings is 2. The van der Waals surface area contributed by atoms with Crippen LogP contribution in [0.1, 0.15) is 35.8 Å². The van der Waals surface area contributed by atoms with E-state index in [-0.39, 0.29) is 30.2 Å². The minimum atomic E-state index is -0.564. The summed E-state index contributed by atoms with van der Waals surface area (Å²) in [5.74, 6) is 0.559. The molecule has 200 valence electrons. The van der Waals surface area contributed by atoms with E-state index < -0.39 is 5.97 Å². The van der Waals surface area contributed by atoms with Crippen molar-refractivity contribution in [3.63, 3.8) is 0 Å². The molecule has 10 nitrogen and oxygen atoms in total. The van der Waals surface area contributed by atoms with Gasteiger partial charge in [0.15, 0.2) is 5.69 Å². The van der Waals surface area contributed by atoms with Crippen molar-refractivity contribution in [2.75, 3.05) is 43.1 Å². The Balaban J connectivity index is 1.56. The molecule has 2 aliphatic heterocycles. The fraction of sp³-hybridized carbons (Fsp3) is 0.345. The van der Waals surface area contributed by atoms with Crippen LogP contribution in [0.25, 0.3) is 11.1 Å². The van der Waals surface area contributed by atoms with Crippen LogP contribution >= 0.6 is 0 Å². The monoisotopic (exact) mass is 526 g/mol. The molecule has 0 saturated carbocycles. The molecule has 0 atom stereocenters. The molecule has 2 saturated heterocycles. The fourth-order valence-corrected chi connectivity index (χ4v) is 4.54. The van der Waals surface area contributed by atoms with Crippen molar-refractivity contribution in [2.45, 2.75) is 25.9 Å². The molecule has 10 heteroatoms. The number of para-hydroxylation sites is 1. The zero-order valence-electron chi connectivity index (χ0n) is 21.7. The number of nitrogens with one attached hydrogen (secondary N) is 2. The quantitative estimate of drug-likeness (QED) is 0.246. The Bertz CT molecular complexity index is 1360. The summed E-state index contributed by atoms with van der Waals surface area (Å²) in [7, 11) is 0. The smallest absolute Gasteiger partial charge is 0.357 e. The second-order valence-electron chi connectivity index (χ2n) is 9.39. The molecular weight excluding hydrogens is 496 g/mol. The van der Waals surface area contributed by atoms with Gasteiger partial charge in [0.2, 0.25) is 5.90 Å². The largest absolute Gasteiger partial charge is 0.469 e. The molecule has 2 N–H and O–H groups in total. The summed E-state index contributed by atoms with van der Waals surface area (Å²) in [4.78, 5) is 24.2. The third-order valence-corrected chi connectivity index (χ3v) is 6.72. The molecule has 0 amide bonds. The fourth-order valence-electron chi connectivity index (χ4n) is 4.54. The number of esters is 1. The first-order valence-electron chi connectivity index (χ1n) is 13.0. The average molecular weight is 527 g/mol. The number of nitrogens with zero attached hydrogens (tertiary/aromatic N) is 4. The Morgan fingerprint density at radius 2 is 1.97 bits per heavy atom. The number of anilines is 3. The Morgan fingerprint density at radius 3 is 2.59 bits per heavy atom. The normalized spacial score (nSPS) is 15.6. The van der Waals surface area contributed by atoms with Gasteiger partial charge in [-0.3, -0.25) is 5.41 Å². The molecule has 39 heavy (non-hydrogen) atoms. The molecule has 0 spiro atoms. The van der Waals surface area contributed by atoms with E-state index in [4.69, 9.17) is 24.6 Å². The van der Waals surface area contributed by atoms with Crippen LogP contribution in [-0.2, 0) is 14.2 Å². The SMILES string of the molecule is CCOC(=O)c1cc(-c2ccc(N3CCC(C#N)CC3)nc2)c(C(=N)OC2COC2)c(Nc2ccccc2)n1. The van der Waals surface area contributed by atoms with Gasteiger partial charge in [0.05, 0.1) is 31.5 Å². The molecule has 2 fully saturated rings. The lowest BCUT2D eigenvalue weighted by Gasteiger charge is -2.30. The Hall–Kier alpha value is -4.49. The summed E-state index contributed by atoms with van der Waals surface area (Å²) in [5, 5.41) is 21.3. The first kappa shape index (κ1) is 26.1. The first-order chi connectivity index (χ1) is 19.1. The van der Waals surface area contributed by atoms with Crippen LogP contribution in [0.2, 0.25) is 0 Å². The number of rotatable bonds is 8. The van der Waals surface area contributed by atoms with Crippen molar-refractivity contribution in [1.82, 2.24) is 9.97 Å². The van der Waals surface area contributed by atoms with Crippen LogP contribution < -0.4 is 10.2 Å². The highest BCUT2D eigenvalue weighted by Crippen LogP contribution is 2.33. The highest BCUT2D eigenvalue weighted by molar-refractivity contribution is 6.05. The maximum Gasteiger partial charge on any atom is 0.357 e. The number of aromatic nitrogens is 2. The predicted octanol–water partition coefficient (Wildman–Crippen LogP) is 4.54. The highest BCUT2D eigenvalue weighted by atomic mass is 16.6. The van der Waals surface area contributed by atoms with Crippen LogP contribution in [0.3, 0.4) is 0 Å². The van der Waals surface area contributed by atoms with E-state index in [9.17, 15) is 10.1 Å².